The van der Waals surface area contributed by atoms with Crippen molar-refractivity contribution in [3.05, 3.63) is 62.0 Å². The molecule has 0 bridgehead atoms. The molecule has 1 aliphatic rings. The maximum absolute atomic E-state index is 12.9. The van der Waals surface area contributed by atoms with Gasteiger partial charge in [0.1, 0.15) is 9.21 Å². The number of rotatable bonds is 5. The fraction of sp³-hybridized carbons (Fsp3) is 0.333. The summed E-state index contributed by atoms with van der Waals surface area (Å²) in [5, 5.41) is 0.606. The number of ether oxygens (including phenoxy) is 1. The van der Waals surface area contributed by atoms with E-state index >= 15 is 0 Å². The fourth-order valence-corrected chi connectivity index (χ4v) is 6.18. The van der Waals surface area contributed by atoms with Crippen molar-refractivity contribution in [3.63, 3.8) is 0 Å². The smallest absolute Gasteiger partial charge is 0.339 e. The molecule has 9 heteroatoms. The van der Waals surface area contributed by atoms with E-state index in [0.29, 0.717) is 27.4 Å². The molecule has 2 aromatic heterocycles. The van der Waals surface area contributed by atoms with Gasteiger partial charge in [0.15, 0.2) is 11.9 Å². The first-order chi connectivity index (χ1) is 14.4. The summed E-state index contributed by atoms with van der Waals surface area (Å²) < 4.78 is 6.72. The number of benzene rings is 1. The fourth-order valence-electron chi connectivity index (χ4n) is 3.13. The standard InChI is InChI=1S/C21H21N3O3S3/c1-11-13(3)30-19-16(11)18(25)23-17(24-19)12(2)27-20(26)15-7-5-4-6-14(15)10-29-21-22-8-9-28-21/h4-7,12H,8-10H2,1-3H3,(H,23,24,25)/t12-/m1/s1. The Hall–Kier alpha value is -2.10. The molecule has 4 rings (SSSR count). The van der Waals surface area contributed by atoms with Gasteiger partial charge in [-0.3, -0.25) is 9.79 Å². The SMILES string of the molecule is Cc1sc2nc([C@@H](C)OC(=O)c3ccccc3CSC3=NCCS3)[nH]c(=O)c2c1C. The predicted octanol–water partition coefficient (Wildman–Crippen LogP) is 4.86. The number of aromatic nitrogens is 2. The van der Waals surface area contributed by atoms with Crippen molar-refractivity contribution in [1.29, 1.82) is 0 Å². The minimum Gasteiger partial charge on any atom is -0.451 e. The van der Waals surface area contributed by atoms with Crippen LogP contribution in [0.15, 0.2) is 34.1 Å². The molecule has 3 heterocycles. The number of thioether (sulfide) groups is 2. The highest BCUT2D eigenvalue weighted by Crippen LogP contribution is 2.29. The van der Waals surface area contributed by atoms with Crippen LogP contribution in [0.2, 0.25) is 0 Å². The summed E-state index contributed by atoms with van der Waals surface area (Å²) in [5.74, 6) is 1.59. The molecule has 1 atom stereocenters. The van der Waals surface area contributed by atoms with E-state index in [1.165, 1.54) is 11.3 Å². The van der Waals surface area contributed by atoms with E-state index < -0.39 is 12.1 Å². The van der Waals surface area contributed by atoms with E-state index in [9.17, 15) is 9.59 Å². The number of carbonyl (C=O) groups is 1. The number of nitrogens with one attached hydrogen (secondary N) is 1. The summed E-state index contributed by atoms with van der Waals surface area (Å²) in [6.07, 6.45) is -0.673. The number of aryl methyl sites for hydroxylation is 2. The van der Waals surface area contributed by atoms with Crippen molar-refractivity contribution in [2.24, 2.45) is 4.99 Å². The molecule has 0 saturated heterocycles. The number of thiophene rings is 1. The Bertz CT molecular complexity index is 1200. The summed E-state index contributed by atoms with van der Waals surface area (Å²) >= 11 is 4.86. The minimum atomic E-state index is -0.673. The van der Waals surface area contributed by atoms with Crippen molar-refractivity contribution in [3.8, 4) is 0 Å². The molecule has 0 spiro atoms. The molecule has 0 fully saturated rings. The second-order valence-corrected chi connectivity index (χ2v) is 10.4. The number of H-pyrrole nitrogens is 1. The van der Waals surface area contributed by atoms with E-state index in [0.717, 1.165) is 32.7 Å². The Labute approximate surface area is 186 Å². The topological polar surface area (TPSA) is 84.4 Å². The molecule has 156 valence electrons. The third kappa shape index (κ3) is 4.33. The number of hydrogen-bond donors (Lipinski definition) is 1. The zero-order valence-corrected chi connectivity index (χ0v) is 19.3. The number of fused-ring (bicyclic) bond motifs is 1. The molecule has 3 aromatic rings. The first kappa shape index (κ1) is 21.1. The molecule has 0 radical (unpaired) electrons. The summed E-state index contributed by atoms with van der Waals surface area (Å²) in [6.45, 7) is 6.46. The molecule has 0 unspecified atom stereocenters. The quantitative estimate of drug-likeness (QED) is 0.549. The van der Waals surface area contributed by atoms with Crippen LogP contribution in [0.4, 0.5) is 0 Å². The first-order valence-electron chi connectivity index (χ1n) is 9.53. The predicted molar refractivity (Wildman–Crippen MR) is 126 cm³/mol. The number of carbonyl (C=O) groups excluding carboxylic acids is 1. The zero-order chi connectivity index (χ0) is 21.3. The third-order valence-corrected chi connectivity index (χ3v) is 8.27. The minimum absolute atomic E-state index is 0.202. The second-order valence-electron chi connectivity index (χ2n) is 6.90. The molecule has 1 N–H and O–H groups in total. The average molecular weight is 460 g/mol. The lowest BCUT2D eigenvalue weighted by atomic mass is 10.1. The van der Waals surface area contributed by atoms with E-state index in [-0.39, 0.29) is 5.56 Å². The number of aromatic amines is 1. The number of aliphatic imine (C=N–C) groups is 1. The Morgan fingerprint density at radius 1 is 1.33 bits per heavy atom. The molecular weight excluding hydrogens is 438 g/mol. The van der Waals surface area contributed by atoms with Gasteiger partial charge in [0.2, 0.25) is 0 Å². The van der Waals surface area contributed by atoms with Gasteiger partial charge in [-0.15, -0.1) is 11.3 Å². The van der Waals surface area contributed by atoms with E-state index in [2.05, 4.69) is 15.0 Å². The Balaban J connectivity index is 1.52. The van der Waals surface area contributed by atoms with Crippen LogP contribution in [0.5, 0.6) is 0 Å². The maximum Gasteiger partial charge on any atom is 0.339 e. The highest BCUT2D eigenvalue weighted by molar-refractivity contribution is 8.38. The summed E-state index contributed by atoms with van der Waals surface area (Å²) in [7, 11) is 0. The Morgan fingerprint density at radius 3 is 2.90 bits per heavy atom. The Morgan fingerprint density at radius 2 is 2.13 bits per heavy atom. The highest BCUT2D eigenvalue weighted by Gasteiger charge is 2.21. The lowest BCUT2D eigenvalue weighted by Gasteiger charge is -2.14. The molecule has 0 saturated carbocycles. The molecule has 0 aliphatic carbocycles. The highest BCUT2D eigenvalue weighted by atomic mass is 32.2. The lowest BCUT2D eigenvalue weighted by molar-refractivity contribution is 0.0319. The first-order valence-corrected chi connectivity index (χ1v) is 12.3. The van der Waals surface area contributed by atoms with Crippen molar-refractivity contribution < 1.29 is 9.53 Å². The molecular formula is C21H21N3O3S3. The van der Waals surface area contributed by atoms with Crippen molar-refractivity contribution in [1.82, 2.24) is 9.97 Å². The normalized spacial score (nSPS) is 14.7. The molecule has 6 nitrogen and oxygen atoms in total. The molecule has 0 amide bonds. The van der Waals surface area contributed by atoms with Crippen molar-refractivity contribution in [2.45, 2.75) is 32.6 Å². The zero-order valence-electron chi connectivity index (χ0n) is 16.9. The van der Waals surface area contributed by atoms with Gasteiger partial charge < -0.3 is 9.72 Å². The van der Waals surface area contributed by atoms with Crippen LogP contribution in [0, 0.1) is 13.8 Å². The van der Waals surface area contributed by atoms with Crippen LogP contribution < -0.4 is 5.56 Å². The van der Waals surface area contributed by atoms with Gasteiger partial charge in [0.05, 0.1) is 17.5 Å². The van der Waals surface area contributed by atoms with E-state index in [4.69, 9.17) is 4.74 Å². The number of nitrogens with zero attached hydrogens (tertiary/aromatic N) is 2. The van der Waals surface area contributed by atoms with Gasteiger partial charge >= 0.3 is 5.97 Å². The summed E-state index contributed by atoms with van der Waals surface area (Å²) in [5.41, 5.74) is 2.16. The average Bonchev–Trinajstić information content (AvgIpc) is 3.34. The molecule has 30 heavy (non-hydrogen) atoms. The van der Waals surface area contributed by atoms with Crippen LogP contribution in [-0.4, -0.2) is 32.6 Å². The number of hydrogen-bond acceptors (Lipinski definition) is 8. The van der Waals surface area contributed by atoms with Crippen LogP contribution in [0.25, 0.3) is 10.2 Å². The van der Waals surface area contributed by atoms with E-state index in [1.54, 1.807) is 36.5 Å². The van der Waals surface area contributed by atoms with Crippen molar-refractivity contribution >= 4 is 55.4 Å². The van der Waals surface area contributed by atoms with Gasteiger partial charge in [0.25, 0.3) is 5.56 Å². The van der Waals surface area contributed by atoms with Crippen LogP contribution >= 0.6 is 34.9 Å². The van der Waals surface area contributed by atoms with E-state index in [1.807, 2.05) is 32.0 Å². The summed E-state index contributed by atoms with van der Waals surface area (Å²) in [6, 6.07) is 7.42. The maximum atomic E-state index is 12.9. The van der Waals surface area contributed by atoms with Crippen LogP contribution in [0.1, 0.15) is 45.2 Å². The molecule has 1 aromatic carbocycles. The molecule has 1 aliphatic heterocycles. The van der Waals surface area contributed by atoms with Gasteiger partial charge in [-0.25, -0.2) is 9.78 Å². The third-order valence-electron chi connectivity index (χ3n) is 4.87. The lowest BCUT2D eigenvalue weighted by Crippen LogP contribution is -2.18. The second kappa shape index (κ2) is 8.95. The van der Waals surface area contributed by atoms with Crippen molar-refractivity contribution in [2.75, 3.05) is 12.3 Å². The summed E-state index contributed by atoms with van der Waals surface area (Å²) in [4.78, 5) is 38.9. The van der Waals surface area contributed by atoms with Gasteiger partial charge in [-0.2, -0.15) is 0 Å². The van der Waals surface area contributed by atoms with Crippen LogP contribution in [-0.2, 0) is 10.5 Å². The monoisotopic (exact) mass is 459 g/mol. The van der Waals surface area contributed by atoms with Gasteiger partial charge in [-0.05, 0) is 38.0 Å². The van der Waals surface area contributed by atoms with Crippen LogP contribution in [0.3, 0.4) is 0 Å². The Kier molecular flexibility index (Phi) is 6.31. The number of esters is 1. The largest absolute Gasteiger partial charge is 0.451 e. The van der Waals surface area contributed by atoms with Gasteiger partial charge in [-0.1, -0.05) is 41.7 Å². The van der Waals surface area contributed by atoms with Gasteiger partial charge in [0, 0.05) is 16.4 Å².